The number of nitrogens with one attached hydrogen (secondary N) is 1. The molecule has 102 valence electrons. The van der Waals surface area contributed by atoms with Crippen LogP contribution in [0.4, 0.5) is 5.13 Å². The molecule has 0 radical (unpaired) electrons. The van der Waals surface area contributed by atoms with E-state index in [4.69, 9.17) is 5.11 Å². The summed E-state index contributed by atoms with van der Waals surface area (Å²) < 4.78 is 0. The number of aliphatic carboxylic acids is 1. The normalized spacial score (nSPS) is 17.9. The molecule has 7 heteroatoms. The Morgan fingerprint density at radius 3 is 2.84 bits per heavy atom. The van der Waals surface area contributed by atoms with Gasteiger partial charge in [-0.2, -0.15) is 0 Å². The summed E-state index contributed by atoms with van der Waals surface area (Å²) in [5, 5.41) is 12.0. The standard InChI is InChI=1S/C12H14N2O4S/c1-2-3-9(16)14-12-13-7-4-6(11(17)18)5-8(15)10(7)19-12/h6H,2-5H2,1H3,(H,17,18)(H,13,14,16)/t6-/m0/s1. The Hall–Kier alpha value is -1.76. The molecule has 1 aromatic heterocycles. The van der Waals surface area contributed by atoms with Gasteiger partial charge in [0.05, 0.1) is 16.5 Å². The fourth-order valence-corrected chi connectivity index (χ4v) is 2.92. The van der Waals surface area contributed by atoms with E-state index >= 15 is 0 Å². The fraction of sp³-hybridized carbons (Fsp3) is 0.500. The van der Waals surface area contributed by atoms with Gasteiger partial charge in [0.1, 0.15) is 0 Å². The molecule has 0 saturated heterocycles. The number of carboxylic acids is 1. The van der Waals surface area contributed by atoms with Crippen molar-refractivity contribution in [2.24, 2.45) is 5.92 Å². The van der Waals surface area contributed by atoms with Gasteiger partial charge < -0.3 is 10.4 Å². The van der Waals surface area contributed by atoms with Crippen LogP contribution in [0, 0.1) is 5.92 Å². The zero-order chi connectivity index (χ0) is 14.0. The first-order chi connectivity index (χ1) is 9.01. The molecule has 6 nitrogen and oxygen atoms in total. The number of carbonyl (C=O) groups is 3. The lowest BCUT2D eigenvalue weighted by molar-refractivity contribution is -0.141. The van der Waals surface area contributed by atoms with Gasteiger partial charge in [-0.1, -0.05) is 18.3 Å². The lowest BCUT2D eigenvalue weighted by atomic mass is 9.90. The number of nitrogens with zero attached hydrogens (tertiary/aromatic N) is 1. The highest BCUT2D eigenvalue weighted by molar-refractivity contribution is 7.17. The van der Waals surface area contributed by atoms with E-state index in [1.165, 1.54) is 0 Å². The van der Waals surface area contributed by atoms with Gasteiger partial charge in [-0.05, 0) is 6.42 Å². The van der Waals surface area contributed by atoms with Crippen LogP contribution in [0.15, 0.2) is 0 Å². The smallest absolute Gasteiger partial charge is 0.307 e. The number of anilines is 1. The average molecular weight is 282 g/mol. The first-order valence-corrected chi connectivity index (χ1v) is 6.88. The molecule has 1 atom stereocenters. The number of Topliss-reactive ketones (excluding diaryl/α,β-unsaturated/α-hetero) is 1. The first kappa shape index (κ1) is 13.7. The van der Waals surface area contributed by atoms with E-state index in [1.54, 1.807) is 0 Å². The largest absolute Gasteiger partial charge is 0.481 e. The maximum Gasteiger partial charge on any atom is 0.307 e. The molecule has 2 N–H and O–H groups in total. The molecule has 0 aromatic carbocycles. The van der Waals surface area contributed by atoms with Crippen molar-refractivity contribution in [2.45, 2.75) is 32.6 Å². The van der Waals surface area contributed by atoms with Gasteiger partial charge in [-0.15, -0.1) is 0 Å². The van der Waals surface area contributed by atoms with Crippen molar-refractivity contribution in [3.63, 3.8) is 0 Å². The van der Waals surface area contributed by atoms with Crippen LogP contribution in [0.1, 0.15) is 41.6 Å². The van der Waals surface area contributed by atoms with Crippen molar-refractivity contribution in [1.29, 1.82) is 0 Å². The van der Waals surface area contributed by atoms with Crippen LogP contribution in [-0.4, -0.2) is 27.8 Å². The number of aromatic nitrogens is 1. The minimum atomic E-state index is -0.983. The molecule has 0 saturated carbocycles. The summed E-state index contributed by atoms with van der Waals surface area (Å²) in [6, 6.07) is 0. The summed E-state index contributed by atoms with van der Waals surface area (Å²) >= 11 is 1.13. The topological polar surface area (TPSA) is 96.4 Å². The molecule has 0 fully saturated rings. The number of ketones is 1. The van der Waals surface area contributed by atoms with E-state index in [-0.39, 0.29) is 24.5 Å². The number of hydrogen-bond acceptors (Lipinski definition) is 5. The molecular formula is C12H14N2O4S. The number of hydrogen-bond donors (Lipinski definition) is 2. The second-order valence-corrected chi connectivity index (χ2v) is 5.46. The number of thiazole rings is 1. The van der Waals surface area contributed by atoms with Gasteiger partial charge >= 0.3 is 5.97 Å². The number of carboxylic acid groups (broad SMARTS) is 1. The summed E-state index contributed by atoms with van der Waals surface area (Å²) in [4.78, 5) is 38.8. The second-order valence-electron chi connectivity index (χ2n) is 4.46. The quantitative estimate of drug-likeness (QED) is 0.876. The SMILES string of the molecule is CCCC(=O)Nc1nc2c(s1)C(=O)C[C@@H](C(=O)O)C2. The van der Waals surface area contributed by atoms with Gasteiger partial charge in [-0.3, -0.25) is 14.4 Å². The summed E-state index contributed by atoms with van der Waals surface area (Å²) in [5.41, 5.74) is 0.487. The van der Waals surface area contributed by atoms with Crippen molar-refractivity contribution in [1.82, 2.24) is 4.98 Å². The summed E-state index contributed by atoms with van der Waals surface area (Å²) in [7, 11) is 0. The van der Waals surface area contributed by atoms with Gasteiger partial charge in [0.25, 0.3) is 0 Å². The van der Waals surface area contributed by atoms with Crippen LogP contribution in [-0.2, 0) is 16.0 Å². The highest BCUT2D eigenvalue weighted by Crippen LogP contribution is 2.32. The van der Waals surface area contributed by atoms with Crippen molar-refractivity contribution >= 4 is 34.1 Å². The maximum absolute atomic E-state index is 11.8. The number of fused-ring (bicyclic) bond motifs is 1. The Labute approximate surface area is 113 Å². The number of rotatable bonds is 4. The van der Waals surface area contributed by atoms with Crippen LogP contribution in [0.2, 0.25) is 0 Å². The van der Waals surface area contributed by atoms with Crippen molar-refractivity contribution < 1.29 is 19.5 Å². The molecule has 1 amide bonds. The van der Waals surface area contributed by atoms with Gasteiger partial charge in [0.15, 0.2) is 10.9 Å². The molecule has 0 aliphatic heterocycles. The van der Waals surface area contributed by atoms with E-state index in [1.807, 2.05) is 6.92 Å². The molecule has 1 aromatic rings. The molecule has 2 rings (SSSR count). The molecule has 1 heterocycles. The first-order valence-electron chi connectivity index (χ1n) is 6.06. The van der Waals surface area contributed by atoms with E-state index in [0.29, 0.717) is 22.1 Å². The minimum Gasteiger partial charge on any atom is -0.481 e. The van der Waals surface area contributed by atoms with Crippen LogP contribution in [0.3, 0.4) is 0 Å². The Balaban J connectivity index is 2.17. The Morgan fingerprint density at radius 1 is 1.47 bits per heavy atom. The number of amides is 1. The highest BCUT2D eigenvalue weighted by Gasteiger charge is 2.32. The maximum atomic E-state index is 11.8. The fourth-order valence-electron chi connectivity index (χ4n) is 1.97. The van der Waals surface area contributed by atoms with Gasteiger partial charge in [-0.25, -0.2) is 4.98 Å². The zero-order valence-corrected chi connectivity index (χ0v) is 11.2. The summed E-state index contributed by atoms with van der Waals surface area (Å²) in [5.74, 6) is -2.04. The highest BCUT2D eigenvalue weighted by atomic mass is 32.1. The molecule has 1 aliphatic rings. The van der Waals surface area contributed by atoms with Crippen LogP contribution in [0.5, 0.6) is 0 Å². The van der Waals surface area contributed by atoms with Crippen molar-refractivity contribution in [3.05, 3.63) is 10.6 Å². The predicted molar refractivity (Wildman–Crippen MR) is 69.4 cm³/mol. The van der Waals surface area contributed by atoms with Crippen LogP contribution in [0.25, 0.3) is 0 Å². The second kappa shape index (κ2) is 5.48. The van der Waals surface area contributed by atoms with E-state index in [9.17, 15) is 14.4 Å². The van der Waals surface area contributed by atoms with E-state index in [2.05, 4.69) is 10.3 Å². The number of carbonyl (C=O) groups excluding carboxylic acids is 2. The van der Waals surface area contributed by atoms with Crippen molar-refractivity contribution in [2.75, 3.05) is 5.32 Å². The third kappa shape index (κ3) is 2.98. The van der Waals surface area contributed by atoms with E-state index < -0.39 is 11.9 Å². The molecule has 1 aliphatic carbocycles. The summed E-state index contributed by atoms with van der Waals surface area (Å²) in [6.07, 6.45) is 1.39. The predicted octanol–water partition coefficient (Wildman–Crippen LogP) is 1.71. The Morgan fingerprint density at radius 2 is 2.21 bits per heavy atom. The van der Waals surface area contributed by atoms with Gasteiger partial charge in [0.2, 0.25) is 5.91 Å². The van der Waals surface area contributed by atoms with E-state index in [0.717, 1.165) is 17.8 Å². The summed E-state index contributed by atoms with van der Waals surface area (Å²) in [6.45, 7) is 1.90. The molecule has 0 spiro atoms. The van der Waals surface area contributed by atoms with Gasteiger partial charge in [0, 0.05) is 19.3 Å². The lowest BCUT2D eigenvalue weighted by Crippen LogP contribution is -2.25. The molecule has 19 heavy (non-hydrogen) atoms. The lowest BCUT2D eigenvalue weighted by Gasteiger charge is -2.15. The third-order valence-corrected chi connectivity index (χ3v) is 3.95. The molecular weight excluding hydrogens is 268 g/mol. The zero-order valence-electron chi connectivity index (χ0n) is 10.4. The monoisotopic (exact) mass is 282 g/mol. The molecule has 0 bridgehead atoms. The van der Waals surface area contributed by atoms with Crippen LogP contribution < -0.4 is 5.32 Å². The van der Waals surface area contributed by atoms with Crippen LogP contribution >= 0.6 is 11.3 Å². The third-order valence-electron chi connectivity index (χ3n) is 2.89. The average Bonchev–Trinajstić information content (AvgIpc) is 2.72. The minimum absolute atomic E-state index is 0.00682. The molecule has 0 unspecified atom stereocenters. The Bertz CT molecular complexity index is 538. The van der Waals surface area contributed by atoms with Crippen molar-refractivity contribution in [3.8, 4) is 0 Å². The Kier molecular flexibility index (Phi) is 3.94.